The molecule has 3 heterocycles. The molecule has 4 nitrogen and oxygen atoms in total. The average molecular weight is 664 g/mol. The zero-order valence-electron chi connectivity index (χ0n) is 28.0. The molecule has 11 rings (SSSR count). The summed E-state index contributed by atoms with van der Waals surface area (Å²) in [7, 11) is 0. The molecule has 242 valence electrons. The minimum Gasteiger partial charge on any atom is -0.452 e. The Kier molecular flexibility index (Phi) is 6.22. The van der Waals surface area contributed by atoms with E-state index in [1.54, 1.807) is 0 Å². The molecule has 8 aromatic carbocycles. The van der Waals surface area contributed by atoms with Crippen molar-refractivity contribution in [1.29, 1.82) is 0 Å². The Balaban J connectivity index is 1.22. The van der Waals surface area contributed by atoms with Crippen LogP contribution >= 0.6 is 0 Å². The van der Waals surface area contributed by atoms with E-state index in [-0.39, 0.29) is 0 Å². The second kappa shape index (κ2) is 11.2. The smallest absolute Gasteiger partial charge is 0.180 e. The summed E-state index contributed by atoms with van der Waals surface area (Å²) in [6, 6.07) is 62.1. The Hall–Kier alpha value is -7.04. The normalized spacial score (nSPS) is 12.2. The molecule has 52 heavy (non-hydrogen) atoms. The van der Waals surface area contributed by atoms with Crippen molar-refractivity contribution in [2.75, 3.05) is 4.90 Å². The third kappa shape index (κ3) is 4.28. The molecule has 1 aliphatic heterocycles. The van der Waals surface area contributed by atoms with E-state index in [0.717, 1.165) is 61.3 Å². The first-order valence-corrected chi connectivity index (χ1v) is 17.6. The van der Waals surface area contributed by atoms with E-state index in [9.17, 15) is 0 Å². The number of hydrogen-bond donors (Lipinski definition) is 0. The first-order valence-electron chi connectivity index (χ1n) is 17.6. The maximum atomic E-state index is 6.54. The van der Waals surface area contributed by atoms with Gasteiger partial charge in [0.25, 0.3) is 0 Å². The van der Waals surface area contributed by atoms with E-state index < -0.39 is 0 Å². The van der Waals surface area contributed by atoms with Crippen molar-refractivity contribution in [2.45, 2.75) is 0 Å². The maximum Gasteiger partial charge on any atom is 0.180 e. The molecule has 10 aromatic rings. The fourth-order valence-electron chi connectivity index (χ4n) is 8.06. The Bertz CT molecular complexity index is 3020. The summed E-state index contributed by atoms with van der Waals surface area (Å²) >= 11 is 0. The molecule has 0 radical (unpaired) electrons. The van der Waals surface area contributed by atoms with Crippen molar-refractivity contribution < 1.29 is 4.42 Å². The first-order chi connectivity index (χ1) is 25.8. The fraction of sp³-hybridized carbons (Fsp3) is 0. The summed E-state index contributed by atoms with van der Waals surface area (Å²) in [5.74, 6) is 0.650. The third-order valence-electron chi connectivity index (χ3n) is 10.4. The second-order valence-electron chi connectivity index (χ2n) is 13.3. The molecule has 0 aliphatic carbocycles. The van der Waals surface area contributed by atoms with Crippen LogP contribution in [-0.2, 0) is 0 Å². The summed E-state index contributed by atoms with van der Waals surface area (Å²) in [5, 5.41) is 5.75. The van der Waals surface area contributed by atoms with E-state index in [2.05, 4.69) is 163 Å². The van der Waals surface area contributed by atoms with Gasteiger partial charge in [0.1, 0.15) is 16.8 Å². The van der Waals surface area contributed by atoms with Gasteiger partial charge in [0.2, 0.25) is 0 Å². The van der Waals surface area contributed by atoms with Gasteiger partial charge in [-0.1, -0.05) is 133 Å². The predicted molar refractivity (Wildman–Crippen MR) is 214 cm³/mol. The molecule has 0 unspecified atom stereocenters. The quantitative estimate of drug-likeness (QED) is 0.188. The van der Waals surface area contributed by atoms with Crippen LogP contribution in [0.2, 0.25) is 0 Å². The van der Waals surface area contributed by atoms with E-state index >= 15 is 0 Å². The van der Waals surface area contributed by atoms with Gasteiger partial charge in [-0.3, -0.25) is 0 Å². The molecule has 0 spiro atoms. The lowest BCUT2D eigenvalue weighted by atomic mass is 9.86. The van der Waals surface area contributed by atoms with Crippen LogP contribution in [-0.4, -0.2) is 9.97 Å². The molecule has 0 saturated carbocycles. The van der Waals surface area contributed by atoms with Crippen molar-refractivity contribution in [3.05, 3.63) is 176 Å². The van der Waals surface area contributed by atoms with Crippen molar-refractivity contribution in [2.24, 2.45) is 0 Å². The lowest BCUT2D eigenvalue weighted by Gasteiger charge is -2.35. The summed E-state index contributed by atoms with van der Waals surface area (Å²) in [6.45, 7) is 0. The van der Waals surface area contributed by atoms with Crippen molar-refractivity contribution >= 4 is 60.7 Å². The SMILES string of the molecule is c1ccc(-c2ccc3c4c(cccc24)-c2cccc(-c4nc(-c5ccc6ccccc6c5)c5oc6ccccc6c5n4)c2N3c2ccccc2)cc1. The van der Waals surface area contributed by atoms with Gasteiger partial charge in [-0.25, -0.2) is 9.97 Å². The van der Waals surface area contributed by atoms with E-state index in [0.29, 0.717) is 11.4 Å². The standard InChI is InChI=1S/C48H29N3O/c1-3-14-31(15-4-1)35-27-28-41-43-36(35)20-11-21-37(43)38-22-12-23-40(46(38)51(41)34-17-5-2-6-18-34)48-49-44(33-26-25-30-13-7-8-16-32(30)29-33)47-45(50-48)39-19-9-10-24-42(39)52-47/h1-29H. The largest absolute Gasteiger partial charge is 0.452 e. The number of hydrogen-bond acceptors (Lipinski definition) is 4. The summed E-state index contributed by atoms with van der Waals surface area (Å²) in [6.07, 6.45) is 0. The van der Waals surface area contributed by atoms with E-state index in [4.69, 9.17) is 14.4 Å². The molecule has 0 saturated heterocycles. The average Bonchev–Trinajstić information content (AvgIpc) is 3.60. The molecule has 2 aromatic heterocycles. The Morgan fingerprint density at radius 1 is 0.462 bits per heavy atom. The number of para-hydroxylation sites is 3. The fourth-order valence-corrected chi connectivity index (χ4v) is 8.06. The Morgan fingerprint density at radius 2 is 1.17 bits per heavy atom. The van der Waals surface area contributed by atoms with E-state index in [1.807, 2.05) is 18.2 Å². The molecule has 1 aliphatic rings. The van der Waals surface area contributed by atoms with E-state index in [1.165, 1.54) is 32.8 Å². The van der Waals surface area contributed by atoms with Gasteiger partial charge in [0.05, 0.1) is 11.4 Å². The number of anilines is 3. The number of aromatic nitrogens is 2. The molecule has 0 atom stereocenters. The number of fused-ring (bicyclic) bond motifs is 6. The van der Waals surface area contributed by atoms with Crippen LogP contribution in [0.15, 0.2) is 180 Å². The maximum absolute atomic E-state index is 6.54. The second-order valence-corrected chi connectivity index (χ2v) is 13.3. The summed E-state index contributed by atoms with van der Waals surface area (Å²) in [5.41, 5.74) is 13.0. The third-order valence-corrected chi connectivity index (χ3v) is 10.4. The number of benzene rings is 8. The molecule has 0 amide bonds. The van der Waals surface area contributed by atoms with Gasteiger partial charge in [0.15, 0.2) is 11.4 Å². The molecular weight excluding hydrogens is 635 g/mol. The Morgan fingerprint density at radius 3 is 2.06 bits per heavy atom. The highest BCUT2D eigenvalue weighted by molar-refractivity contribution is 6.19. The number of furan rings is 1. The predicted octanol–water partition coefficient (Wildman–Crippen LogP) is 13.1. The molecule has 0 bridgehead atoms. The zero-order valence-corrected chi connectivity index (χ0v) is 28.0. The van der Waals surface area contributed by atoms with Crippen LogP contribution in [0.5, 0.6) is 0 Å². The topological polar surface area (TPSA) is 42.2 Å². The minimum atomic E-state index is 0.650. The van der Waals surface area contributed by atoms with Crippen LogP contribution in [0.3, 0.4) is 0 Å². The van der Waals surface area contributed by atoms with Crippen LogP contribution in [0.1, 0.15) is 0 Å². The summed E-state index contributed by atoms with van der Waals surface area (Å²) in [4.78, 5) is 13.1. The van der Waals surface area contributed by atoms with Gasteiger partial charge >= 0.3 is 0 Å². The monoisotopic (exact) mass is 663 g/mol. The minimum absolute atomic E-state index is 0.650. The van der Waals surface area contributed by atoms with Crippen LogP contribution in [0.4, 0.5) is 17.1 Å². The van der Waals surface area contributed by atoms with Crippen molar-refractivity contribution in [3.63, 3.8) is 0 Å². The molecule has 0 N–H and O–H groups in total. The van der Waals surface area contributed by atoms with Crippen LogP contribution in [0, 0.1) is 0 Å². The molecule has 0 fully saturated rings. The van der Waals surface area contributed by atoms with Gasteiger partial charge in [-0.2, -0.15) is 0 Å². The van der Waals surface area contributed by atoms with Crippen molar-refractivity contribution in [1.82, 2.24) is 9.97 Å². The first kappa shape index (κ1) is 28.8. The van der Waals surface area contributed by atoms with Gasteiger partial charge in [-0.15, -0.1) is 0 Å². The molecular formula is C48H29N3O. The van der Waals surface area contributed by atoms with Gasteiger partial charge in [0, 0.05) is 33.2 Å². The van der Waals surface area contributed by atoms with Gasteiger partial charge < -0.3 is 9.32 Å². The van der Waals surface area contributed by atoms with Crippen molar-refractivity contribution in [3.8, 4) is 44.9 Å². The highest BCUT2D eigenvalue weighted by Crippen LogP contribution is 2.55. The number of nitrogens with zero attached hydrogens (tertiary/aromatic N) is 3. The highest BCUT2D eigenvalue weighted by Gasteiger charge is 2.31. The summed E-state index contributed by atoms with van der Waals surface area (Å²) < 4.78 is 6.54. The lowest BCUT2D eigenvalue weighted by molar-refractivity contribution is 0.667. The van der Waals surface area contributed by atoms with Crippen LogP contribution in [0.25, 0.3) is 88.5 Å². The Labute approximate surface area is 299 Å². The number of rotatable bonds is 4. The van der Waals surface area contributed by atoms with Gasteiger partial charge in [-0.05, 0) is 75.3 Å². The highest BCUT2D eigenvalue weighted by atomic mass is 16.3. The van der Waals surface area contributed by atoms with Crippen LogP contribution < -0.4 is 4.90 Å². The zero-order chi connectivity index (χ0) is 34.2. The molecule has 4 heteroatoms. The lowest BCUT2D eigenvalue weighted by Crippen LogP contribution is -2.16.